The monoisotopic (exact) mass is 268 g/mol. The smallest absolute Gasteiger partial charge is 0.157 e. The zero-order chi connectivity index (χ0) is 14.2. The summed E-state index contributed by atoms with van der Waals surface area (Å²) in [6, 6.07) is 3.69. The van der Waals surface area contributed by atoms with Gasteiger partial charge in [0, 0.05) is 0 Å². The molecule has 1 saturated heterocycles. The summed E-state index contributed by atoms with van der Waals surface area (Å²) in [5, 5.41) is 31.5. The maximum atomic E-state index is 9.85. The fraction of sp³-hybridized carbons (Fsp3) is 0.538. The van der Waals surface area contributed by atoms with E-state index in [1.807, 2.05) is 26.0 Å². The second kappa shape index (κ2) is 5.34. The van der Waals surface area contributed by atoms with E-state index in [1.54, 1.807) is 0 Å². The highest BCUT2D eigenvalue weighted by Crippen LogP contribution is 2.28. The molecule has 6 heteroatoms. The van der Waals surface area contributed by atoms with Crippen LogP contribution in [0.3, 0.4) is 0 Å². The van der Waals surface area contributed by atoms with Gasteiger partial charge in [-0.1, -0.05) is 0 Å². The maximum absolute atomic E-state index is 9.85. The molecule has 0 aromatic heterocycles. The molecule has 0 radical (unpaired) electrons. The van der Waals surface area contributed by atoms with E-state index < -0.39 is 24.5 Å². The van der Waals surface area contributed by atoms with Crippen LogP contribution < -0.4 is 11.1 Å². The van der Waals surface area contributed by atoms with Crippen LogP contribution in [0.4, 0.5) is 11.4 Å². The molecule has 0 spiro atoms. The molecule has 106 valence electrons. The Bertz CT molecular complexity index is 466. The Labute approximate surface area is 111 Å². The lowest BCUT2D eigenvalue weighted by Gasteiger charge is -2.20. The minimum absolute atomic E-state index is 0.348. The van der Waals surface area contributed by atoms with Gasteiger partial charge in [0.25, 0.3) is 0 Å². The van der Waals surface area contributed by atoms with Crippen molar-refractivity contribution >= 4 is 11.4 Å². The summed E-state index contributed by atoms with van der Waals surface area (Å²) in [6.45, 7) is 3.57. The summed E-state index contributed by atoms with van der Waals surface area (Å²) in [7, 11) is 0. The van der Waals surface area contributed by atoms with Crippen molar-refractivity contribution < 1.29 is 20.1 Å². The van der Waals surface area contributed by atoms with Crippen molar-refractivity contribution in [3.8, 4) is 0 Å². The van der Waals surface area contributed by atoms with E-state index in [0.29, 0.717) is 11.4 Å². The Morgan fingerprint density at radius 1 is 1.21 bits per heavy atom. The van der Waals surface area contributed by atoms with Crippen molar-refractivity contribution in [3.05, 3.63) is 23.3 Å². The van der Waals surface area contributed by atoms with Crippen molar-refractivity contribution in [2.45, 2.75) is 38.4 Å². The van der Waals surface area contributed by atoms with E-state index in [4.69, 9.17) is 15.6 Å². The number of ether oxygens (including phenoxy) is 1. The van der Waals surface area contributed by atoms with Gasteiger partial charge in [0.1, 0.15) is 18.3 Å². The third kappa shape index (κ3) is 2.66. The minimum Gasteiger partial charge on any atom is -0.397 e. The van der Waals surface area contributed by atoms with Gasteiger partial charge in [0.2, 0.25) is 0 Å². The Kier molecular flexibility index (Phi) is 3.96. The van der Waals surface area contributed by atoms with Gasteiger partial charge < -0.3 is 31.1 Å². The van der Waals surface area contributed by atoms with E-state index >= 15 is 0 Å². The molecular weight excluding hydrogens is 248 g/mol. The molecule has 0 bridgehead atoms. The summed E-state index contributed by atoms with van der Waals surface area (Å²) < 4.78 is 5.35. The number of aryl methyl sites for hydroxylation is 2. The molecule has 6 nitrogen and oxygen atoms in total. The van der Waals surface area contributed by atoms with Crippen LogP contribution in [0.2, 0.25) is 0 Å². The Hall–Kier alpha value is -1.34. The number of hydrogen-bond donors (Lipinski definition) is 5. The lowest BCUT2D eigenvalue weighted by Crippen LogP contribution is -2.36. The summed E-state index contributed by atoms with van der Waals surface area (Å²) in [5.41, 5.74) is 9.22. The van der Waals surface area contributed by atoms with Crippen LogP contribution in [0.5, 0.6) is 0 Å². The van der Waals surface area contributed by atoms with E-state index in [0.717, 1.165) is 11.1 Å². The van der Waals surface area contributed by atoms with Gasteiger partial charge >= 0.3 is 0 Å². The second-order valence-corrected chi connectivity index (χ2v) is 4.93. The molecule has 1 aromatic rings. The maximum Gasteiger partial charge on any atom is 0.157 e. The molecule has 2 rings (SSSR count). The first-order chi connectivity index (χ1) is 8.93. The van der Waals surface area contributed by atoms with E-state index in [2.05, 4.69) is 5.32 Å². The molecule has 0 amide bonds. The van der Waals surface area contributed by atoms with E-state index in [1.165, 1.54) is 0 Å². The van der Waals surface area contributed by atoms with Gasteiger partial charge in [-0.2, -0.15) is 0 Å². The number of anilines is 2. The fourth-order valence-corrected chi connectivity index (χ4v) is 2.14. The average Bonchev–Trinajstić information content (AvgIpc) is 2.63. The van der Waals surface area contributed by atoms with Gasteiger partial charge in [0.05, 0.1) is 18.0 Å². The molecule has 0 aliphatic carbocycles. The standard InChI is InChI=1S/C13H20N2O4/c1-6-3-8(14)9(4-7(6)2)15-13-12(18)11(17)10(5-16)19-13/h3-4,10-13,15-18H,5,14H2,1-2H3. The Balaban J connectivity index is 2.16. The Morgan fingerprint density at radius 3 is 2.42 bits per heavy atom. The van der Waals surface area contributed by atoms with Crippen molar-refractivity contribution in [2.24, 2.45) is 0 Å². The fourth-order valence-electron chi connectivity index (χ4n) is 2.14. The first-order valence-electron chi connectivity index (χ1n) is 6.19. The third-order valence-corrected chi connectivity index (χ3v) is 3.51. The highest BCUT2D eigenvalue weighted by Gasteiger charge is 2.42. The molecule has 4 unspecified atom stereocenters. The van der Waals surface area contributed by atoms with Crippen LogP contribution in [-0.2, 0) is 4.74 Å². The summed E-state index contributed by atoms with van der Waals surface area (Å²) in [5.74, 6) is 0. The van der Waals surface area contributed by atoms with Gasteiger partial charge in [-0.05, 0) is 37.1 Å². The van der Waals surface area contributed by atoms with E-state index in [9.17, 15) is 10.2 Å². The zero-order valence-electron chi connectivity index (χ0n) is 11.0. The van der Waals surface area contributed by atoms with E-state index in [-0.39, 0.29) is 6.61 Å². The molecule has 0 saturated carbocycles. The molecule has 4 atom stereocenters. The highest BCUT2D eigenvalue weighted by molar-refractivity contribution is 5.68. The van der Waals surface area contributed by atoms with Crippen LogP contribution in [0.15, 0.2) is 12.1 Å². The highest BCUT2D eigenvalue weighted by atomic mass is 16.6. The summed E-state index contributed by atoms with van der Waals surface area (Å²) in [4.78, 5) is 0. The molecular formula is C13H20N2O4. The van der Waals surface area contributed by atoms with Crippen molar-refractivity contribution in [2.75, 3.05) is 17.7 Å². The SMILES string of the molecule is Cc1cc(N)c(NC2OC(CO)C(O)C2O)cc1C. The summed E-state index contributed by atoms with van der Waals surface area (Å²) in [6.07, 6.45) is -3.81. The number of benzene rings is 1. The van der Waals surface area contributed by atoms with Crippen molar-refractivity contribution in [1.29, 1.82) is 0 Å². The van der Waals surface area contributed by atoms with Crippen LogP contribution in [0, 0.1) is 13.8 Å². The van der Waals surface area contributed by atoms with Crippen molar-refractivity contribution in [1.82, 2.24) is 0 Å². The number of nitrogen functional groups attached to an aromatic ring is 1. The molecule has 1 aliphatic heterocycles. The molecule has 1 fully saturated rings. The molecule has 1 aliphatic rings. The number of nitrogens with two attached hydrogens (primary N) is 1. The normalized spacial score (nSPS) is 30.6. The number of aliphatic hydroxyl groups excluding tert-OH is 3. The summed E-state index contributed by atoms with van der Waals surface area (Å²) >= 11 is 0. The first kappa shape index (κ1) is 14.1. The molecule has 19 heavy (non-hydrogen) atoms. The van der Waals surface area contributed by atoms with Gasteiger partial charge in [-0.3, -0.25) is 0 Å². The lowest BCUT2D eigenvalue weighted by atomic mass is 10.1. The van der Waals surface area contributed by atoms with Crippen molar-refractivity contribution in [3.63, 3.8) is 0 Å². The van der Waals surface area contributed by atoms with Crippen LogP contribution in [-0.4, -0.2) is 46.5 Å². The molecule has 1 aromatic carbocycles. The predicted octanol–water partition coefficient (Wildman–Crippen LogP) is -0.263. The number of rotatable bonds is 3. The lowest BCUT2D eigenvalue weighted by molar-refractivity contribution is -0.0153. The van der Waals surface area contributed by atoms with Crippen LogP contribution in [0.25, 0.3) is 0 Å². The van der Waals surface area contributed by atoms with Gasteiger partial charge in [0.15, 0.2) is 6.23 Å². The topological polar surface area (TPSA) is 108 Å². The average molecular weight is 268 g/mol. The predicted molar refractivity (Wildman–Crippen MR) is 71.7 cm³/mol. The third-order valence-electron chi connectivity index (χ3n) is 3.51. The van der Waals surface area contributed by atoms with Crippen LogP contribution in [0.1, 0.15) is 11.1 Å². The van der Waals surface area contributed by atoms with Crippen LogP contribution >= 0.6 is 0 Å². The number of nitrogens with one attached hydrogen (secondary N) is 1. The van der Waals surface area contributed by atoms with Gasteiger partial charge in [-0.15, -0.1) is 0 Å². The zero-order valence-corrected chi connectivity index (χ0v) is 11.0. The minimum atomic E-state index is -1.12. The largest absolute Gasteiger partial charge is 0.397 e. The quantitative estimate of drug-likeness (QED) is 0.483. The molecule has 6 N–H and O–H groups in total. The Morgan fingerprint density at radius 2 is 1.84 bits per heavy atom. The number of hydrogen-bond acceptors (Lipinski definition) is 6. The van der Waals surface area contributed by atoms with Gasteiger partial charge in [-0.25, -0.2) is 0 Å². The first-order valence-corrected chi connectivity index (χ1v) is 6.19. The molecule has 1 heterocycles. The second-order valence-electron chi connectivity index (χ2n) is 4.93. The number of aliphatic hydroxyl groups is 3.